The van der Waals surface area contributed by atoms with E-state index in [0.29, 0.717) is 15.7 Å². The second-order valence-corrected chi connectivity index (χ2v) is 8.14. The maximum Gasteiger partial charge on any atom is 0.342 e. The van der Waals surface area contributed by atoms with Gasteiger partial charge in [0.05, 0.1) is 18.9 Å². The summed E-state index contributed by atoms with van der Waals surface area (Å²) in [7, 11) is 0. The maximum atomic E-state index is 12.6. The first-order valence-electron chi connectivity index (χ1n) is 10.3. The number of benzene rings is 1. The number of anilines is 1. The predicted octanol–water partition coefficient (Wildman–Crippen LogP) is 4.74. The number of carbonyl (C=O) groups is 3. The van der Waals surface area contributed by atoms with Gasteiger partial charge < -0.3 is 19.9 Å². The van der Waals surface area contributed by atoms with E-state index >= 15 is 0 Å². The van der Waals surface area contributed by atoms with Crippen LogP contribution in [0, 0.1) is 0 Å². The molecule has 0 heterocycles. The normalized spacial score (nSPS) is 10.4. The minimum Gasteiger partial charge on any atom is -0.506 e. The van der Waals surface area contributed by atoms with Crippen molar-refractivity contribution in [1.29, 1.82) is 0 Å². The number of aromatic hydroxyl groups is 1. The summed E-state index contributed by atoms with van der Waals surface area (Å²) >= 11 is 8.69. The van der Waals surface area contributed by atoms with Crippen molar-refractivity contribution in [3.8, 4) is 16.9 Å². The molecule has 3 rings (SSSR count). The van der Waals surface area contributed by atoms with Crippen LogP contribution in [0.15, 0.2) is 53.0 Å². The van der Waals surface area contributed by atoms with Crippen LogP contribution in [0.5, 0.6) is 5.75 Å². The molecule has 2 aliphatic rings. The molecule has 0 unspecified atom stereocenters. The monoisotopic (exact) mass is 544 g/mol. The quantitative estimate of drug-likeness (QED) is 0.301. The van der Waals surface area contributed by atoms with Crippen LogP contribution in [0.25, 0.3) is 11.1 Å². The van der Waals surface area contributed by atoms with E-state index in [1.54, 1.807) is 62.4 Å². The molecule has 2 aliphatic carbocycles. The molecule has 0 bridgehead atoms. The third-order valence-electron chi connectivity index (χ3n) is 4.72. The van der Waals surface area contributed by atoms with Gasteiger partial charge in [-0.05, 0) is 66.3 Å². The van der Waals surface area contributed by atoms with Crippen LogP contribution in [0.4, 0.5) is 5.69 Å². The summed E-state index contributed by atoms with van der Waals surface area (Å²) in [5, 5.41) is 16.2. The highest BCUT2D eigenvalue weighted by Crippen LogP contribution is 2.44. The van der Waals surface area contributed by atoms with Crippen LogP contribution in [-0.4, -0.2) is 41.3 Å². The van der Waals surface area contributed by atoms with E-state index < -0.39 is 17.7 Å². The van der Waals surface area contributed by atoms with Crippen molar-refractivity contribution in [2.75, 3.05) is 18.5 Å². The van der Waals surface area contributed by atoms with Crippen LogP contribution in [0.2, 0.25) is 0 Å². The van der Waals surface area contributed by atoms with Crippen molar-refractivity contribution in [3.05, 3.63) is 69.7 Å². The SMILES string of the molecule is CCOC(=O)c1c2ccc(NC(=S)NC(=O)c3ccccc3)c(Br)cc-2c(C(=O)OCC)c1O. The number of halogens is 1. The molecule has 1 amide bonds. The molecular formula is C24H21BrN2O6S. The lowest BCUT2D eigenvalue weighted by Crippen LogP contribution is -2.34. The third-order valence-corrected chi connectivity index (χ3v) is 5.58. The minimum atomic E-state index is -0.779. The number of thiocarbonyl (C=S) groups is 1. The molecule has 1 aromatic carbocycles. The Morgan fingerprint density at radius 3 is 2.12 bits per heavy atom. The molecule has 34 heavy (non-hydrogen) atoms. The van der Waals surface area contributed by atoms with Crippen LogP contribution >= 0.6 is 28.1 Å². The lowest BCUT2D eigenvalue weighted by molar-refractivity contribution is 0.0523. The summed E-state index contributed by atoms with van der Waals surface area (Å²) in [6, 6.07) is 13.3. The standard InChI is InChI=1S/C24H21BrN2O6S/c1-3-32-22(30)18-14-10-11-17(26-24(34)27-21(29)13-8-6-5-7-9-13)16(25)12-15(14)19(20(18)28)23(31)33-4-2/h5-12,28H,3-4H2,1-2H3,(H2,26,27,29,34). The lowest BCUT2D eigenvalue weighted by atomic mass is 10.1. The van der Waals surface area contributed by atoms with Crippen molar-refractivity contribution >= 4 is 56.8 Å². The average molecular weight is 545 g/mol. The van der Waals surface area contributed by atoms with E-state index in [0.717, 1.165) is 0 Å². The molecule has 0 spiro atoms. The summed E-state index contributed by atoms with van der Waals surface area (Å²) in [5.41, 5.74) is 1.15. The molecule has 0 saturated heterocycles. The highest BCUT2D eigenvalue weighted by Gasteiger charge is 2.32. The van der Waals surface area contributed by atoms with Crippen molar-refractivity contribution < 1.29 is 29.0 Å². The van der Waals surface area contributed by atoms with Crippen molar-refractivity contribution in [1.82, 2.24) is 5.32 Å². The number of carbonyl (C=O) groups excluding carboxylic acids is 3. The number of hydrogen-bond donors (Lipinski definition) is 3. The molecule has 0 atom stereocenters. The number of ether oxygens (including phenoxy) is 2. The zero-order valence-electron chi connectivity index (χ0n) is 18.3. The Labute approximate surface area is 209 Å². The summed E-state index contributed by atoms with van der Waals surface area (Å²) in [6.07, 6.45) is 0. The van der Waals surface area contributed by atoms with Crippen LogP contribution < -0.4 is 10.6 Å². The van der Waals surface area contributed by atoms with Gasteiger partial charge in [0.15, 0.2) is 5.11 Å². The maximum absolute atomic E-state index is 12.6. The average Bonchev–Trinajstić information content (AvgIpc) is 2.98. The van der Waals surface area contributed by atoms with Gasteiger partial charge in [0, 0.05) is 21.2 Å². The first-order valence-corrected chi connectivity index (χ1v) is 11.5. The van der Waals surface area contributed by atoms with Gasteiger partial charge in [0.1, 0.15) is 16.9 Å². The predicted molar refractivity (Wildman–Crippen MR) is 134 cm³/mol. The highest BCUT2D eigenvalue weighted by molar-refractivity contribution is 9.10. The first kappa shape index (κ1) is 25.1. The van der Waals surface area contributed by atoms with E-state index in [9.17, 15) is 19.5 Å². The van der Waals surface area contributed by atoms with Gasteiger partial charge in [-0.15, -0.1) is 0 Å². The Hall–Kier alpha value is -3.50. The molecule has 0 aromatic heterocycles. The number of fused-ring (bicyclic) bond motifs is 1. The van der Waals surface area contributed by atoms with Crippen molar-refractivity contribution in [2.45, 2.75) is 13.8 Å². The molecule has 10 heteroatoms. The van der Waals surface area contributed by atoms with Gasteiger partial charge in [-0.1, -0.05) is 24.3 Å². The van der Waals surface area contributed by atoms with E-state index in [2.05, 4.69) is 26.6 Å². The summed E-state index contributed by atoms with van der Waals surface area (Å²) in [4.78, 5) is 37.5. The topological polar surface area (TPSA) is 114 Å². The van der Waals surface area contributed by atoms with Gasteiger partial charge in [-0.25, -0.2) is 9.59 Å². The van der Waals surface area contributed by atoms with Gasteiger partial charge in [0.25, 0.3) is 5.91 Å². The van der Waals surface area contributed by atoms with Gasteiger partial charge in [-0.3, -0.25) is 10.1 Å². The highest BCUT2D eigenvalue weighted by atomic mass is 79.9. The minimum absolute atomic E-state index is 0.0412. The second-order valence-electron chi connectivity index (χ2n) is 6.88. The molecule has 0 fully saturated rings. The third kappa shape index (κ3) is 5.35. The smallest absolute Gasteiger partial charge is 0.342 e. The molecular weight excluding hydrogens is 524 g/mol. The molecule has 0 aliphatic heterocycles. The van der Waals surface area contributed by atoms with Crippen LogP contribution in [0.3, 0.4) is 0 Å². The molecule has 0 saturated carbocycles. The summed E-state index contributed by atoms with van der Waals surface area (Å²) < 4.78 is 10.6. The zero-order chi connectivity index (χ0) is 24.8. The van der Waals surface area contributed by atoms with Crippen LogP contribution in [-0.2, 0) is 9.47 Å². The lowest BCUT2D eigenvalue weighted by Gasteiger charge is -2.10. The Bertz CT molecular complexity index is 1230. The largest absolute Gasteiger partial charge is 0.506 e. The summed E-state index contributed by atoms with van der Waals surface area (Å²) in [5.74, 6) is -2.45. The molecule has 176 valence electrons. The number of esters is 2. The fraction of sp³-hybridized carbons (Fsp3) is 0.167. The van der Waals surface area contributed by atoms with E-state index in [4.69, 9.17) is 21.7 Å². The Morgan fingerprint density at radius 2 is 1.53 bits per heavy atom. The van der Waals surface area contributed by atoms with Gasteiger partial charge in [0.2, 0.25) is 0 Å². The summed E-state index contributed by atoms with van der Waals surface area (Å²) in [6.45, 7) is 3.44. The number of nitrogens with one attached hydrogen (secondary N) is 2. The molecule has 1 aromatic rings. The molecule has 0 radical (unpaired) electrons. The number of hydrogen-bond acceptors (Lipinski definition) is 7. The fourth-order valence-electron chi connectivity index (χ4n) is 3.26. The van der Waals surface area contributed by atoms with E-state index in [1.165, 1.54) is 0 Å². The Morgan fingerprint density at radius 1 is 0.941 bits per heavy atom. The number of amides is 1. The van der Waals surface area contributed by atoms with Crippen molar-refractivity contribution in [3.63, 3.8) is 0 Å². The van der Waals surface area contributed by atoms with Crippen LogP contribution in [0.1, 0.15) is 44.9 Å². The van der Waals surface area contributed by atoms with Gasteiger partial charge >= 0.3 is 11.9 Å². The van der Waals surface area contributed by atoms with E-state index in [1.807, 2.05) is 0 Å². The zero-order valence-corrected chi connectivity index (χ0v) is 20.7. The second kappa shape index (κ2) is 11.1. The first-order chi connectivity index (χ1) is 16.3. The Balaban J connectivity index is 2.00. The molecule has 8 nitrogen and oxygen atoms in total. The van der Waals surface area contributed by atoms with Gasteiger partial charge in [-0.2, -0.15) is 0 Å². The van der Waals surface area contributed by atoms with E-state index in [-0.39, 0.29) is 46.5 Å². The van der Waals surface area contributed by atoms with Crippen molar-refractivity contribution in [2.24, 2.45) is 0 Å². The number of rotatable bonds is 6. The Kier molecular flexibility index (Phi) is 8.19. The fourth-order valence-corrected chi connectivity index (χ4v) is 3.93. The molecule has 3 N–H and O–H groups in total.